The van der Waals surface area contributed by atoms with Crippen LogP contribution in [0.5, 0.6) is 0 Å². The Morgan fingerprint density at radius 1 is 1.00 bits per heavy atom. The lowest BCUT2D eigenvalue weighted by atomic mass is 9.34. The summed E-state index contributed by atoms with van der Waals surface area (Å²) >= 11 is 0. The topological polar surface area (TPSA) is 72.8 Å². The van der Waals surface area contributed by atoms with E-state index >= 15 is 0 Å². The second kappa shape index (κ2) is 8.38. The lowest BCUT2D eigenvalue weighted by Gasteiger charge is -2.70. The molecule has 5 heteroatoms. The fourth-order valence-electron chi connectivity index (χ4n) is 11.1. The molecule has 5 rings (SSSR count). The Hall–Kier alpha value is -1.74. The number of isocyanates is 1. The first-order chi connectivity index (χ1) is 17.2. The lowest BCUT2D eigenvalue weighted by Crippen LogP contribution is -2.64. The molecule has 0 radical (unpaired) electrons. The standard InChI is InChI=1S/C32H47NO4/c1-19(2)26-22(36)17-32(33-18-34)16-15-30(7)21(27(26)32)9-10-24-29(6)13-12-25(37-20(3)35)28(4,5)23(29)11-14-31(24,30)8/h19,23-26H,9-17H2,1-8H3/t23-,24+,25-,26?,29-,30+,31+,32+/m0/s1. The van der Waals surface area contributed by atoms with Gasteiger partial charge >= 0.3 is 5.97 Å². The van der Waals surface area contributed by atoms with Gasteiger partial charge in [0, 0.05) is 24.7 Å². The van der Waals surface area contributed by atoms with Crippen molar-refractivity contribution in [2.45, 2.75) is 125 Å². The highest BCUT2D eigenvalue weighted by Gasteiger charge is 2.69. The van der Waals surface area contributed by atoms with Crippen molar-refractivity contribution in [2.24, 2.45) is 50.3 Å². The van der Waals surface area contributed by atoms with Crippen molar-refractivity contribution < 1.29 is 19.1 Å². The average Bonchev–Trinajstić information content (AvgIpc) is 3.08. The highest BCUT2D eigenvalue weighted by molar-refractivity contribution is 5.91. The fraction of sp³-hybridized carbons (Fsp3) is 0.844. The quantitative estimate of drug-likeness (QED) is 0.178. The summed E-state index contributed by atoms with van der Waals surface area (Å²) in [5.41, 5.74) is 2.25. The summed E-state index contributed by atoms with van der Waals surface area (Å²) in [4.78, 5) is 41.3. The molecule has 0 aliphatic heterocycles. The number of nitrogens with zero attached hydrogens (tertiary/aromatic N) is 1. The van der Waals surface area contributed by atoms with E-state index in [4.69, 9.17) is 4.74 Å². The minimum atomic E-state index is -0.656. The van der Waals surface area contributed by atoms with E-state index in [1.165, 1.54) is 18.1 Å². The van der Waals surface area contributed by atoms with Crippen LogP contribution in [0, 0.1) is 45.3 Å². The maximum absolute atomic E-state index is 13.4. The van der Waals surface area contributed by atoms with E-state index in [-0.39, 0.29) is 51.4 Å². The Labute approximate surface area is 223 Å². The molecule has 0 bridgehead atoms. The molecule has 0 amide bonds. The van der Waals surface area contributed by atoms with E-state index in [0.717, 1.165) is 51.4 Å². The maximum atomic E-state index is 13.4. The number of hydrogen-bond acceptors (Lipinski definition) is 5. The number of carbonyl (C=O) groups is 2. The molecule has 5 aliphatic rings. The van der Waals surface area contributed by atoms with E-state index in [1.807, 2.05) is 6.08 Å². The molecule has 0 spiro atoms. The Morgan fingerprint density at radius 2 is 1.70 bits per heavy atom. The largest absolute Gasteiger partial charge is 0.462 e. The zero-order valence-electron chi connectivity index (χ0n) is 24.3. The fourth-order valence-corrected chi connectivity index (χ4v) is 11.1. The summed E-state index contributed by atoms with van der Waals surface area (Å²) in [5.74, 6) is 1.25. The number of allylic oxidation sites excluding steroid dienone is 1. The molecule has 0 aromatic rings. The molecule has 1 unspecified atom stereocenters. The first-order valence-corrected chi connectivity index (χ1v) is 14.7. The van der Waals surface area contributed by atoms with Gasteiger partial charge in [-0.2, -0.15) is 4.99 Å². The van der Waals surface area contributed by atoms with Gasteiger partial charge in [-0.1, -0.05) is 54.0 Å². The molecule has 204 valence electrons. The van der Waals surface area contributed by atoms with Gasteiger partial charge in [0.05, 0.1) is 0 Å². The summed E-state index contributed by atoms with van der Waals surface area (Å²) in [6, 6.07) is 0. The predicted molar refractivity (Wildman–Crippen MR) is 143 cm³/mol. The van der Waals surface area contributed by atoms with E-state index in [0.29, 0.717) is 18.3 Å². The smallest absolute Gasteiger partial charge is 0.302 e. The average molecular weight is 510 g/mol. The third-order valence-electron chi connectivity index (χ3n) is 12.8. The zero-order valence-corrected chi connectivity index (χ0v) is 24.3. The van der Waals surface area contributed by atoms with Gasteiger partial charge in [-0.25, -0.2) is 4.79 Å². The van der Waals surface area contributed by atoms with Crippen molar-refractivity contribution in [1.82, 2.24) is 0 Å². The van der Waals surface area contributed by atoms with Crippen LogP contribution in [-0.2, 0) is 19.1 Å². The Morgan fingerprint density at radius 3 is 2.32 bits per heavy atom. The highest BCUT2D eigenvalue weighted by Crippen LogP contribution is 2.75. The Balaban J connectivity index is 1.60. The summed E-state index contributed by atoms with van der Waals surface area (Å²) in [5, 5.41) is 0. The number of ketones is 1. The molecular formula is C32H47NO4. The molecular weight excluding hydrogens is 462 g/mol. The number of Topliss-reactive ketones (excluding diaryl/α,β-unsaturated/α-hetero) is 1. The van der Waals surface area contributed by atoms with Gasteiger partial charge in [0.25, 0.3) is 0 Å². The normalized spacial score (nSPS) is 46.4. The van der Waals surface area contributed by atoms with Crippen LogP contribution in [0.1, 0.15) is 113 Å². The monoisotopic (exact) mass is 509 g/mol. The van der Waals surface area contributed by atoms with Gasteiger partial charge in [0.1, 0.15) is 17.4 Å². The van der Waals surface area contributed by atoms with Crippen molar-refractivity contribution in [1.29, 1.82) is 0 Å². The molecule has 0 heterocycles. The molecule has 5 nitrogen and oxygen atoms in total. The predicted octanol–water partition coefficient (Wildman–Crippen LogP) is 6.99. The van der Waals surface area contributed by atoms with E-state index in [9.17, 15) is 14.4 Å². The summed E-state index contributed by atoms with van der Waals surface area (Å²) in [6.45, 7) is 18.0. The molecule has 0 saturated heterocycles. The minimum absolute atomic E-state index is 0.00420. The van der Waals surface area contributed by atoms with Crippen LogP contribution in [-0.4, -0.2) is 29.5 Å². The molecule has 4 saturated carbocycles. The van der Waals surface area contributed by atoms with Gasteiger partial charge in [-0.05, 0) is 90.9 Å². The van der Waals surface area contributed by atoms with Gasteiger partial charge in [0.15, 0.2) is 0 Å². The number of hydrogen-bond donors (Lipinski definition) is 0. The maximum Gasteiger partial charge on any atom is 0.302 e. The molecule has 37 heavy (non-hydrogen) atoms. The summed E-state index contributed by atoms with van der Waals surface area (Å²) in [6.07, 6.45) is 10.4. The number of fused-ring (bicyclic) bond motifs is 6. The molecule has 5 aliphatic carbocycles. The van der Waals surface area contributed by atoms with Crippen LogP contribution in [0.4, 0.5) is 0 Å². The second-order valence-corrected chi connectivity index (χ2v) is 14.9. The number of aliphatic imine (C=N–C) groups is 1. The molecule has 0 N–H and O–H groups in total. The number of carbonyl (C=O) groups excluding carboxylic acids is 3. The van der Waals surface area contributed by atoms with Crippen molar-refractivity contribution in [3.8, 4) is 0 Å². The Bertz CT molecular complexity index is 1100. The highest BCUT2D eigenvalue weighted by atomic mass is 16.5. The third-order valence-corrected chi connectivity index (χ3v) is 12.8. The second-order valence-electron chi connectivity index (χ2n) is 14.9. The van der Waals surface area contributed by atoms with Crippen LogP contribution < -0.4 is 0 Å². The molecule has 4 fully saturated rings. The van der Waals surface area contributed by atoms with Crippen molar-refractivity contribution in [3.05, 3.63) is 11.1 Å². The van der Waals surface area contributed by atoms with Gasteiger partial charge < -0.3 is 4.74 Å². The number of esters is 1. The van der Waals surface area contributed by atoms with Crippen molar-refractivity contribution in [2.75, 3.05) is 0 Å². The van der Waals surface area contributed by atoms with Crippen molar-refractivity contribution in [3.63, 3.8) is 0 Å². The summed E-state index contributed by atoms with van der Waals surface area (Å²) < 4.78 is 5.87. The van der Waals surface area contributed by atoms with Crippen molar-refractivity contribution >= 4 is 17.8 Å². The van der Waals surface area contributed by atoms with E-state index < -0.39 is 5.54 Å². The van der Waals surface area contributed by atoms with Gasteiger partial charge in [-0.15, -0.1) is 0 Å². The van der Waals surface area contributed by atoms with E-state index in [1.54, 1.807) is 0 Å². The Kier molecular flexibility index (Phi) is 6.08. The van der Waals surface area contributed by atoms with E-state index in [2.05, 4.69) is 53.5 Å². The zero-order chi connectivity index (χ0) is 27.2. The molecule has 8 atom stereocenters. The number of ether oxygens (including phenoxy) is 1. The molecule has 0 aromatic heterocycles. The van der Waals surface area contributed by atoms with Crippen LogP contribution in [0.25, 0.3) is 0 Å². The lowest BCUT2D eigenvalue weighted by molar-refractivity contribution is -0.212. The van der Waals surface area contributed by atoms with Gasteiger partial charge in [0.2, 0.25) is 6.08 Å². The van der Waals surface area contributed by atoms with Crippen LogP contribution in [0.2, 0.25) is 0 Å². The van der Waals surface area contributed by atoms with Crippen LogP contribution >= 0.6 is 0 Å². The minimum Gasteiger partial charge on any atom is -0.462 e. The summed E-state index contributed by atoms with van der Waals surface area (Å²) in [7, 11) is 0. The number of rotatable bonds is 3. The molecule has 0 aromatic carbocycles. The van der Waals surface area contributed by atoms with Crippen LogP contribution in [0.15, 0.2) is 16.1 Å². The first-order valence-electron chi connectivity index (χ1n) is 14.7. The SMILES string of the molecule is CC(=O)O[C@H]1CC[C@]2(C)[C@H]3CCC4=C5C(C(C)C)C(=O)C[C@]5(N=C=O)CC[C@@]4(C)[C@]3(C)CC[C@H]2C1(C)C. The van der Waals surface area contributed by atoms with Crippen LogP contribution in [0.3, 0.4) is 0 Å². The third kappa shape index (κ3) is 3.41. The van der Waals surface area contributed by atoms with Gasteiger partial charge in [-0.3, -0.25) is 9.59 Å². The first kappa shape index (κ1) is 26.9.